The average Bonchev–Trinajstić information content (AvgIpc) is 2.67. The lowest BCUT2D eigenvalue weighted by Crippen LogP contribution is -2.69. The number of hydrogen-bond acceptors (Lipinski definition) is 0. The Bertz CT molecular complexity index is 819. The monoisotopic (exact) mass is 348 g/mol. The highest BCUT2D eigenvalue weighted by atomic mass is 15.1. The number of fused-ring (bicyclic) bond motifs is 3. The molecule has 2 unspecified atom stereocenters. The van der Waals surface area contributed by atoms with Crippen molar-refractivity contribution in [1.82, 2.24) is 0 Å². The number of hydrogen-bond donors (Lipinski definition) is 0. The van der Waals surface area contributed by atoms with E-state index in [1.165, 1.54) is 47.3 Å². The number of pyridine rings is 1. The zero-order chi connectivity index (χ0) is 18.9. The summed E-state index contributed by atoms with van der Waals surface area (Å²) in [4.78, 5) is 0. The van der Waals surface area contributed by atoms with Crippen LogP contribution in [0.4, 0.5) is 0 Å². The number of aromatic nitrogens is 1. The fourth-order valence-corrected chi connectivity index (χ4v) is 5.16. The third kappa shape index (κ3) is 2.47. The van der Waals surface area contributed by atoms with Crippen LogP contribution in [0.2, 0.25) is 0 Å². The van der Waals surface area contributed by atoms with E-state index < -0.39 is 0 Å². The van der Waals surface area contributed by atoms with Gasteiger partial charge in [-0.15, -0.1) is 0 Å². The van der Waals surface area contributed by atoms with Gasteiger partial charge in [-0.2, -0.15) is 4.57 Å². The van der Waals surface area contributed by atoms with Crippen LogP contribution in [-0.4, -0.2) is 0 Å². The average molecular weight is 349 g/mol. The largest absolute Gasteiger partial charge is 0.213 e. The summed E-state index contributed by atoms with van der Waals surface area (Å²) in [7, 11) is 0. The fraction of sp³-hybridized carbons (Fsp3) is 0.480. The van der Waals surface area contributed by atoms with Crippen LogP contribution >= 0.6 is 0 Å². The number of aryl methyl sites for hydroxylation is 2. The lowest BCUT2D eigenvalue weighted by molar-refractivity contribution is -0.761. The predicted molar refractivity (Wildman–Crippen MR) is 112 cm³/mol. The maximum absolute atomic E-state index is 4.32. The molecule has 0 saturated carbocycles. The van der Waals surface area contributed by atoms with Crippen LogP contribution in [0.15, 0.2) is 49.1 Å². The second-order valence-electron chi connectivity index (χ2n) is 8.04. The summed E-state index contributed by atoms with van der Waals surface area (Å²) in [6.07, 6.45) is 8.00. The van der Waals surface area contributed by atoms with Crippen molar-refractivity contribution < 1.29 is 4.57 Å². The third-order valence-electron chi connectivity index (χ3n) is 6.90. The molecule has 1 nitrogen and oxygen atoms in total. The van der Waals surface area contributed by atoms with E-state index in [1.54, 1.807) is 0 Å². The minimum absolute atomic E-state index is 0.0336. The summed E-state index contributed by atoms with van der Waals surface area (Å²) in [6, 6.07) is 13.9. The number of benzene rings is 1. The number of nitrogens with zero attached hydrogens (tertiary/aromatic N) is 1. The quantitative estimate of drug-likeness (QED) is 0.428. The van der Waals surface area contributed by atoms with Crippen molar-refractivity contribution >= 4 is 0 Å². The molecule has 2 heterocycles. The van der Waals surface area contributed by atoms with Crippen LogP contribution in [0, 0.1) is 6.92 Å². The molecule has 0 spiro atoms. The molecule has 2 aromatic rings. The fourth-order valence-electron chi connectivity index (χ4n) is 5.16. The molecule has 1 aliphatic heterocycles. The van der Waals surface area contributed by atoms with E-state index in [2.05, 4.69) is 88.2 Å². The van der Waals surface area contributed by atoms with Crippen molar-refractivity contribution in [3.63, 3.8) is 0 Å². The van der Waals surface area contributed by atoms with Gasteiger partial charge in [-0.1, -0.05) is 45.9 Å². The van der Waals surface area contributed by atoms with Crippen molar-refractivity contribution in [3.05, 3.63) is 65.9 Å². The SMILES string of the molecule is C=CC1(CC)[n+]2c(C)cccc2-c2cc(CCCC)ccc2C1(C)CC. The molecule has 0 bridgehead atoms. The van der Waals surface area contributed by atoms with Crippen LogP contribution in [0.25, 0.3) is 11.3 Å². The highest BCUT2D eigenvalue weighted by Gasteiger charge is 2.58. The van der Waals surface area contributed by atoms with Gasteiger partial charge in [0.05, 0.1) is 11.0 Å². The van der Waals surface area contributed by atoms with E-state index in [-0.39, 0.29) is 11.0 Å². The van der Waals surface area contributed by atoms with Gasteiger partial charge in [-0.3, -0.25) is 0 Å². The van der Waals surface area contributed by atoms with E-state index in [9.17, 15) is 0 Å². The number of rotatable bonds is 6. The molecule has 0 radical (unpaired) electrons. The first-order chi connectivity index (χ1) is 12.5. The Morgan fingerprint density at radius 2 is 1.85 bits per heavy atom. The first-order valence-electron chi connectivity index (χ1n) is 10.3. The van der Waals surface area contributed by atoms with Gasteiger partial charge in [-0.25, -0.2) is 0 Å². The Balaban J connectivity index is 2.36. The molecular weight excluding hydrogens is 314 g/mol. The standard InChI is InChI=1S/C25H34N/c1-7-11-14-20-16-17-22-21(18-20)23-15-12-13-19(5)26(23)25(9-3,10-4)24(22,6)8-2/h9,12-13,15-18H,3,7-8,10-11,14H2,1-2,4-6H3/q+1. The van der Waals surface area contributed by atoms with Crippen molar-refractivity contribution in [2.45, 2.75) is 77.7 Å². The Morgan fingerprint density at radius 1 is 1.08 bits per heavy atom. The zero-order valence-corrected chi connectivity index (χ0v) is 17.2. The lowest BCUT2D eigenvalue weighted by Gasteiger charge is -2.47. The van der Waals surface area contributed by atoms with Gasteiger partial charge in [0, 0.05) is 25.5 Å². The third-order valence-corrected chi connectivity index (χ3v) is 6.90. The summed E-state index contributed by atoms with van der Waals surface area (Å²) in [5.41, 5.74) is 6.94. The Labute approximate surface area is 159 Å². The minimum atomic E-state index is -0.0969. The van der Waals surface area contributed by atoms with Crippen molar-refractivity contribution in [2.75, 3.05) is 0 Å². The molecule has 0 amide bonds. The molecule has 138 valence electrons. The molecule has 1 aromatic carbocycles. The van der Waals surface area contributed by atoms with Gasteiger partial charge < -0.3 is 0 Å². The predicted octanol–water partition coefficient (Wildman–Crippen LogP) is 6.26. The Hall–Kier alpha value is -1.89. The first-order valence-corrected chi connectivity index (χ1v) is 10.3. The number of allylic oxidation sites excluding steroid dienone is 1. The summed E-state index contributed by atoms with van der Waals surface area (Å²) >= 11 is 0. The van der Waals surface area contributed by atoms with Crippen LogP contribution in [0.5, 0.6) is 0 Å². The molecule has 0 saturated heterocycles. The molecule has 26 heavy (non-hydrogen) atoms. The molecule has 1 heteroatoms. The van der Waals surface area contributed by atoms with Crippen LogP contribution < -0.4 is 4.57 Å². The van der Waals surface area contributed by atoms with E-state index in [1.807, 2.05) is 0 Å². The maximum Gasteiger partial charge on any atom is 0.213 e. The molecule has 0 N–H and O–H groups in total. The van der Waals surface area contributed by atoms with E-state index in [0.29, 0.717) is 0 Å². The van der Waals surface area contributed by atoms with Crippen LogP contribution in [0.1, 0.15) is 70.2 Å². The first kappa shape index (κ1) is 18.9. The van der Waals surface area contributed by atoms with Gasteiger partial charge >= 0.3 is 0 Å². The minimum Gasteiger partial charge on any atom is -0.186 e. The molecule has 0 aliphatic carbocycles. The Morgan fingerprint density at radius 3 is 2.46 bits per heavy atom. The molecular formula is C25H34N+. The molecule has 1 aliphatic rings. The number of unbranched alkanes of at least 4 members (excludes halogenated alkanes) is 1. The molecule has 1 aromatic heterocycles. The smallest absolute Gasteiger partial charge is 0.186 e. The summed E-state index contributed by atoms with van der Waals surface area (Å²) < 4.78 is 2.56. The molecule has 3 rings (SSSR count). The lowest BCUT2D eigenvalue weighted by atomic mass is 9.59. The second kappa shape index (κ2) is 7.02. The van der Waals surface area contributed by atoms with Gasteiger partial charge in [0.1, 0.15) is 0 Å². The van der Waals surface area contributed by atoms with Gasteiger partial charge in [0.2, 0.25) is 5.69 Å². The zero-order valence-electron chi connectivity index (χ0n) is 17.2. The summed E-state index contributed by atoms with van der Waals surface area (Å²) in [5, 5.41) is 0. The van der Waals surface area contributed by atoms with E-state index in [0.717, 1.165) is 12.8 Å². The van der Waals surface area contributed by atoms with Crippen molar-refractivity contribution in [1.29, 1.82) is 0 Å². The topological polar surface area (TPSA) is 3.88 Å². The summed E-state index contributed by atoms with van der Waals surface area (Å²) in [6.45, 7) is 15.9. The van der Waals surface area contributed by atoms with Crippen molar-refractivity contribution in [2.24, 2.45) is 0 Å². The van der Waals surface area contributed by atoms with Crippen LogP contribution in [-0.2, 0) is 17.4 Å². The second-order valence-corrected chi connectivity index (χ2v) is 8.04. The van der Waals surface area contributed by atoms with Gasteiger partial charge in [0.25, 0.3) is 0 Å². The Kier molecular flexibility index (Phi) is 5.10. The van der Waals surface area contributed by atoms with E-state index in [4.69, 9.17) is 0 Å². The highest BCUT2D eigenvalue weighted by Crippen LogP contribution is 2.50. The molecule has 0 fully saturated rings. The van der Waals surface area contributed by atoms with Gasteiger partial charge in [0.15, 0.2) is 11.2 Å². The molecule has 2 atom stereocenters. The van der Waals surface area contributed by atoms with E-state index >= 15 is 0 Å². The van der Waals surface area contributed by atoms with Gasteiger partial charge in [-0.05, 0) is 55.5 Å². The highest BCUT2D eigenvalue weighted by molar-refractivity contribution is 5.67. The van der Waals surface area contributed by atoms with Crippen LogP contribution in [0.3, 0.4) is 0 Å². The van der Waals surface area contributed by atoms with Crippen molar-refractivity contribution in [3.8, 4) is 11.3 Å². The maximum atomic E-state index is 4.32. The normalized spacial score (nSPS) is 24.0. The summed E-state index contributed by atoms with van der Waals surface area (Å²) in [5.74, 6) is 0.